The van der Waals surface area contributed by atoms with E-state index in [0.29, 0.717) is 17.8 Å². The highest BCUT2D eigenvalue weighted by atomic mass is 16.6. The van der Waals surface area contributed by atoms with Gasteiger partial charge in [0.15, 0.2) is 0 Å². The van der Waals surface area contributed by atoms with Crippen molar-refractivity contribution in [2.45, 2.75) is 26.4 Å². The molecule has 7 nitrogen and oxygen atoms in total. The van der Waals surface area contributed by atoms with E-state index in [0.717, 1.165) is 6.42 Å². The number of carbonyl (C=O) groups excluding carboxylic acids is 1. The number of benzene rings is 1. The van der Waals surface area contributed by atoms with Crippen LogP contribution in [0.4, 0.5) is 11.4 Å². The second-order valence-electron chi connectivity index (χ2n) is 4.78. The van der Waals surface area contributed by atoms with Gasteiger partial charge in [0.05, 0.1) is 17.6 Å². The van der Waals surface area contributed by atoms with Crippen molar-refractivity contribution >= 4 is 17.3 Å². The molecule has 21 heavy (non-hydrogen) atoms. The molecule has 0 saturated carbocycles. The fourth-order valence-electron chi connectivity index (χ4n) is 2.02. The molecule has 0 heterocycles. The van der Waals surface area contributed by atoms with Crippen molar-refractivity contribution in [2.75, 3.05) is 25.0 Å². The van der Waals surface area contributed by atoms with Crippen molar-refractivity contribution in [3.05, 3.63) is 33.9 Å². The second-order valence-corrected chi connectivity index (χ2v) is 4.78. The molecule has 0 aliphatic rings. The fourth-order valence-corrected chi connectivity index (χ4v) is 2.02. The number of aliphatic hydroxyl groups is 1. The van der Waals surface area contributed by atoms with Gasteiger partial charge in [0.2, 0.25) is 5.91 Å². The Labute approximate surface area is 123 Å². The average molecular weight is 295 g/mol. The number of nitrogens with one attached hydrogen (secondary N) is 1. The quantitative estimate of drug-likeness (QED) is 0.588. The number of nitro benzene ring substituents is 1. The number of likely N-dealkylation sites (N-methyl/N-ethyl adjacent to an activating group) is 1. The van der Waals surface area contributed by atoms with Crippen LogP contribution >= 0.6 is 0 Å². The van der Waals surface area contributed by atoms with Gasteiger partial charge in [-0.3, -0.25) is 14.9 Å². The Morgan fingerprint density at radius 2 is 2.19 bits per heavy atom. The van der Waals surface area contributed by atoms with Gasteiger partial charge in [-0.25, -0.2) is 0 Å². The lowest BCUT2D eigenvalue weighted by Gasteiger charge is -2.23. The molecule has 1 rings (SSSR count). The minimum absolute atomic E-state index is 0.0548. The maximum absolute atomic E-state index is 11.6. The third-order valence-corrected chi connectivity index (χ3v) is 3.13. The summed E-state index contributed by atoms with van der Waals surface area (Å²) in [4.78, 5) is 24.0. The van der Waals surface area contributed by atoms with Crippen LogP contribution in [0.5, 0.6) is 0 Å². The molecule has 1 aromatic carbocycles. The van der Waals surface area contributed by atoms with Gasteiger partial charge in [0, 0.05) is 19.7 Å². The van der Waals surface area contributed by atoms with E-state index in [2.05, 4.69) is 5.32 Å². The molecule has 1 atom stereocenters. The summed E-state index contributed by atoms with van der Waals surface area (Å²) in [5, 5.41) is 23.3. The predicted molar refractivity (Wildman–Crippen MR) is 80.3 cm³/mol. The predicted octanol–water partition coefficient (Wildman–Crippen LogP) is 1.61. The third-order valence-electron chi connectivity index (χ3n) is 3.13. The smallest absolute Gasteiger partial charge is 0.292 e. The number of nitrogens with zero attached hydrogens (tertiary/aromatic N) is 2. The van der Waals surface area contributed by atoms with E-state index in [-0.39, 0.29) is 18.1 Å². The van der Waals surface area contributed by atoms with Crippen molar-refractivity contribution in [2.24, 2.45) is 0 Å². The average Bonchev–Trinajstić information content (AvgIpc) is 2.45. The largest absolute Gasteiger partial charge is 0.389 e. The van der Waals surface area contributed by atoms with Gasteiger partial charge in [0.25, 0.3) is 5.69 Å². The lowest BCUT2D eigenvalue weighted by Crippen LogP contribution is -2.36. The molecule has 0 aliphatic heterocycles. The lowest BCUT2D eigenvalue weighted by atomic mass is 10.1. The zero-order valence-electron chi connectivity index (χ0n) is 12.5. The van der Waals surface area contributed by atoms with Crippen LogP contribution in [0, 0.1) is 10.1 Å². The minimum atomic E-state index is -0.781. The van der Waals surface area contributed by atoms with E-state index in [1.54, 1.807) is 24.0 Å². The Morgan fingerprint density at radius 1 is 1.52 bits per heavy atom. The summed E-state index contributed by atoms with van der Waals surface area (Å²) in [6.07, 6.45) is -0.0249. The molecule has 0 spiro atoms. The topological polar surface area (TPSA) is 95.7 Å². The maximum atomic E-state index is 11.6. The van der Waals surface area contributed by atoms with E-state index in [4.69, 9.17) is 0 Å². The van der Waals surface area contributed by atoms with Gasteiger partial charge in [-0.05, 0) is 25.0 Å². The van der Waals surface area contributed by atoms with Crippen molar-refractivity contribution in [3.63, 3.8) is 0 Å². The Hall–Kier alpha value is -2.15. The molecule has 2 N–H and O–H groups in total. The van der Waals surface area contributed by atoms with Crippen LogP contribution in [0.3, 0.4) is 0 Å². The van der Waals surface area contributed by atoms with Crippen LogP contribution in [-0.2, 0) is 4.79 Å². The van der Waals surface area contributed by atoms with Crippen molar-refractivity contribution < 1.29 is 14.8 Å². The highest BCUT2D eigenvalue weighted by molar-refractivity contribution is 5.82. The molecule has 0 radical (unpaired) electrons. The first-order chi connectivity index (χ1) is 9.90. The summed E-state index contributed by atoms with van der Waals surface area (Å²) in [6.45, 7) is 4.07. The molecule has 0 aromatic heterocycles. The first-order valence-electron chi connectivity index (χ1n) is 6.82. The second kappa shape index (κ2) is 7.58. The van der Waals surface area contributed by atoms with Gasteiger partial charge >= 0.3 is 0 Å². The maximum Gasteiger partial charge on any atom is 0.292 e. The number of hydrogen-bond acceptors (Lipinski definition) is 5. The van der Waals surface area contributed by atoms with E-state index >= 15 is 0 Å². The highest BCUT2D eigenvalue weighted by Gasteiger charge is 2.22. The normalized spacial score (nSPS) is 11.8. The fraction of sp³-hybridized carbons (Fsp3) is 0.500. The number of hydrogen-bond donors (Lipinski definition) is 2. The van der Waals surface area contributed by atoms with Crippen LogP contribution in [0.15, 0.2) is 18.2 Å². The van der Waals surface area contributed by atoms with Crippen molar-refractivity contribution in [1.29, 1.82) is 0 Å². The number of nitro groups is 1. The Bertz CT molecular complexity index is 517. The highest BCUT2D eigenvalue weighted by Crippen LogP contribution is 2.31. The van der Waals surface area contributed by atoms with E-state index in [1.165, 1.54) is 13.1 Å². The van der Waals surface area contributed by atoms with Crippen LogP contribution < -0.4 is 10.2 Å². The summed E-state index contributed by atoms with van der Waals surface area (Å²) >= 11 is 0. The molecule has 0 aliphatic carbocycles. The van der Waals surface area contributed by atoms with Gasteiger partial charge < -0.3 is 15.3 Å². The molecular formula is C14H21N3O4. The molecular weight excluding hydrogens is 274 g/mol. The number of rotatable bonds is 7. The summed E-state index contributed by atoms with van der Waals surface area (Å²) in [5.74, 6) is -0.211. The van der Waals surface area contributed by atoms with E-state index in [9.17, 15) is 20.0 Å². The molecule has 0 saturated heterocycles. The first-order valence-corrected chi connectivity index (χ1v) is 6.82. The molecule has 116 valence electrons. The van der Waals surface area contributed by atoms with Crippen molar-refractivity contribution in [3.8, 4) is 0 Å². The summed E-state index contributed by atoms with van der Waals surface area (Å²) < 4.78 is 0. The van der Waals surface area contributed by atoms with Crippen LogP contribution in [0.2, 0.25) is 0 Å². The Kier molecular flexibility index (Phi) is 6.10. The molecule has 0 bridgehead atoms. The summed E-state index contributed by atoms with van der Waals surface area (Å²) in [6, 6.07) is 4.57. The van der Waals surface area contributed by atoms with Crippen LogP contribution in [-0.4, -0.2) is 36.1 Å². The first kappa shape index (κ1) is 16.9. The lowest BCUT2D eigenvalue weighted by molar-refractivity contribution is -0.384. The monoisotopic (exact) mass is 295 g/mol. The standard InChI is InChI=1S/C14H21N3O4/c1-4-7-16(9-14(19)15-3)12-6-5-11(10(2)18)8-13(12)17(20)21/h5-6,8,10,18H,4,7,9H2,1-3H3,(H,15,19)/t10-/m0/s1. The molecule has 1 aromatic rings. The Balaban J connectivity index is 3.22. The van der Waals surface area contributed by atoms with Gasteiger partial charge in [-0.1, -0.05) is 13.0 Å². The number of anilines is 1. The van der Waals surface area contributed by atoms with Crippen LogP contribution in [0.25, 0.3) is 0 Å². The van der Waals surface area contributed by atoms with Gasteiger partial charge in [0.1, 0.15) is 5.69 Å². The zero-order chi connectivity index (χ0) is 16.0. The van der Waals surface area contributed by atoms with Crippen LogP contribution in [0.1, 0.15) is 31.9 Å². The number of carbonyl (C=O) groups is 1. The summed E-state index contributed by atoms with van der Waals surface area (Å²) in [7, 11) is 1.53. The minimum Gasteiger partial charge on any atom is -0.389 e. The molecule has 0 fully saturated rings. The SMILES string of the molecule is CCCN(CC(=O)NC)c1ccc([C@H](C)O)cc1[N+](=O)[O-]. The van der Waals surface area contributed by atoms with E-state index in [1.807, 2.05) is 6.92 Å². The number of aliphatic hydroxyl groups excluding tert-OH is 1. The van der Waals surface area contributed by atoms with Crippen molar-refractivity contribution in [1.82, 2.24) is 5.32 Å². The van der Waals surface area contributed by atoms with Gasteiger partial charge in [-0.15, -0.1) is 0 Å². The molecule has 0 unspecified atom stereocenters. The van der Waals surface area contributed by atoms with Gasteiger partial charge in [-0.2, -0.15) is 0 Å². The zero-order valence-corrected chi connectivity index (χ0v) is 12.5. The molecule has 7 heteroatoms. The number of amides is 1. The van der Waals surface area contributed by atoms with E-state index < -0.39 is 11.0 Å². The Morgan fingerprint density at radius 3 is 2.67 bits per heavy atom. The molecule has 1 amide bonds. The summed E-state index contributed by atoms with van der Waals surface area (Å²) in [5.41, 5.74) is 0.752. The third kappa shape index (κ3) is 4.42.